The number of hydrogen-bond acceptors (Lipinski definition) is 2. The minimum absolute atomic E-state index is 0.0969. The third kappa shape index (κ3) is 4.44. The summed E-state index contributed by atoms with van der Waals surface area (Å²) >= 11 is 0. The quantitative estimate of drug-likeness (QED) is 0.341. The van der Waals surface area contributed by atoms with E-state index in [2.05, 4.69) is 6.58 Å². The summed E-state index contributed by atoms with van der Waals surface area (Å²) in [5.41, 5.74) is 0.372. The first-order valence-corrected chi connectivity index (χ1v) is 11.0. The molecule has 1 fully saturated rings. The molecule has 4 rings (SSSR count). The maximum absolute atomic E-state index is 15.0. The summed E-state index contributed by atoms with van der Waals surface area (Å²) in [4.78, 5) is 0. The number of benzene rings is 3. The molecule has 2 nitrogen and oxygen atoms in total. The molecule has 3 aromatic rings. The van der Waals surface area contributed by atoms with Gasteiger partial charge in [-0.2, -0.15) is 4.39 Å². The van der Waals surface area contributed by atoms with Gasteiger partial charge in [-0.05, 0) is 49.1 Å². The summed E-state index contributed by atoms with van der Waals surface area (Å²) in [6.45, 7) is 5.41. The fourth-order valence-corrected chi connectivity index (χ4v) is 4.26. The summed E-state index contributed by atoms with van der Waals surface area (Å²) in [5.74, 6) is -6.08. The van der Waals surface area contributed by atoms with E-state index in [9.17, 15) is 22.0 Å². The predicted octanol–water partition coefficient (Wildman–Crippen LogP) is 7.73. The highest BCUT2D eigenvalue weighted by molar-refractivity contribution is 5.67. The molecule has 1 aliphatic rings. The SMILES string of the molecule is C=Cc1ccc(C2CCC(c3ccc(-c4ccc(OCC)c(F)c4F)c(F)c3F)CO2)cc1F. The van der Waals surface area contributed by atoms with Crippen LogP contribution < -0.4 is 4.74 Å². The Balaban J connectivity index is 1.54. The van der Waals surface area contributed by atoms with E-state index < -0.39 is 40.6 Å². The normalized spacial score (nSPS) is 18.1. The largest absolute Gasteiger partial charge is 0.491 e. The van der Waals surface area contributed by atoms with Crippen molar-refractivity contribution in [2.45, 2.75) is 31.8 Å². The van der Waals surface area contributed by atoms with Crippen molar-refractivity contribution in [1.29, 1.82) is 0 Å². The zero-order valence-electron chi connectivity index (χ0n) is 18.5. The molecule has 0 aromatic heterocycles. The van der Waals surface area contributed by atoms with Gasteiger partial charge in [0.15, 0.2) is 23.2 Å². The Labute approximate surface area is 194 Å². The summed E-state index contributed by atoms with van der Waals surface area (Å²) in [6.07, 6.45) is 2.03. The first kappa shape index (κ1) is 24.0. The molecule has 1 aliphatic heterocycles. The second-order valence-corrected chi connectivity index (χ2v) is 8.08. The van der Waals surface area contributed by atoms with E-state index >= 15 is 0 Å². The van der Waals surface area contributed by atoms with Crippen LogP contribution in [0.4, 0.5) is 22.0 Å². The highest BCUT2D eigenvalue weighted by atomic mass is 19.2. The van der Waals surface area contributed by atoms with Crippen LogP contribution in [0.3, 0.4) is 0 Å². The Morgan fingerprint density at radius 1 is 0.912 bits per heavy atom. The van der Waals surface area contributed by atoms with Crippen molar-refractivity contribution in [3.05, 3.63) is 94.8 Å². The first-order chi connectivity index (χ1) is 16.3. The second kappa shape index (κ2) is 9.97. The van der Waals surface area contributed by atoms with Crippen molar-refractivity contribution < 1.29 is 31.4 Å². The van der Waals surface area contributed by atoms with Gasteiger partial charge >= 0.3 is 0 Å². The molecule has 1 saturated heterocycles. The number of halogens is 5. The zero-order valence-corrected chi connectivity index (χ0v) is 18.5. The monoisotopic (exact) mass is 474 g/mol. The topological polar surface area (TPSA) is 18.5 Å². The van der Waals surface area contributed by atoms with Gasteiger partial charge in [0.25, 0.3) is 0 Å². The van der Waals surface area contributed by atoms with Crippen molar-refractivity contribution >= 4 is 6.08 Å². The number of rotatable bonds is 6. The van der Waals surface area contributed by atoms with Gasteiger partial charge in [-0.15, -0.1) is 0 Å². The van der Waals surface area contributed by atoms with Crippen LogP contribution >= 0.6 is 0 Å². The van der Waals surface area contributed by atoms with Crippen LogP contribution in [0.1, 0.15) is 48.5 Å². The van der Waals surface area contributed by atoms with Crippen LogP contribution in [0.15, 0.2) is 49.0 Å². The van der Waals surface area contributed by atoms with Gasteiger partial charge in [0.1, 0.15) is 5.82 Å². The summed E-state index contributed by atoms with van der Waals surface area (Å²) in [7, 11) is 0. The maximum Gasteiger partial charge on any atom is 0.201 e. The zero-order chi connectivity index (χ0) is 24.4. The Morgan fingerprint density at radius 3 is 2.24 bits per heavy atom. The number of hydrogen-bond donors (Lipinski definition) is 0. The van der Waals surface area contributed by atoms with Gasteiger partial charge in [0.05, 0.1) is 19.3 Å². The van der Waals surface area contributed by atoms with Gasteiger partial charge in [0, 0.05) is 22.6 Å². The van der Waals surface area contributed by atoms with E-state index in [4.69, 9.17) is 9.47 Å². The van der Waals surface area contributed by atoms with E-state index in [0.717, 1.165) is 6.07 Å². The number of ether oxygens (including phenoxy) is 2. The molecule has 0 N–H and O–H groups in total. The van der Waals surface area contributed by atoms with Crippen LogP contribution in [0.25, 0.3) is 17.2 Å². The molecular formula is C27H23F5O2. The Bertz CT molecular complexity index is 1220. The molecule has 34 heavy (non-hydrogen) atoms. The van der Waals surface area contributed by atoms with E-state index in [1.54, 1.807) is 19.1 Å². The molecule has 3 aromatic carbocycles. The molecule has 2 atom stereocenters. The third-order valence-electron chi connectivity index (χ3n) is 6.08. The van der Waals surface area contributed by atoms with E-state index in [1.807, 2.05) is 0 Å². The average Bonchev–Trinajstić information content (AvgIpc) is 2.84. The molecule has 1 heterocycles. The van der Waals surface area contributed by atoms with E-state index in [1.165, 1.54) is 30.3 Å². The predicted molar refractivity (Wildman–Crippen MR) is 120 cm³/mol. The molecule has 0 saturated carbocycles. The van der Waals surface area contributed by atoms with Gasteiger partial charge in [0.2, 0.25) is 5.82 Å². The molecule has 0 bridgehead atoms. The first-order valence-electron chi connectivity index (χ1n) is 11.0. The van der Waals surface area contributed by atoms with Crippen LogP contribution in [0.5, 0.6) is 5.75 Å². The molecule has 0 amide bonds. The fraction of sp³-hybridized carbons (Fsp3) is 0.259. The average molecular weight is 474 g/mol. The molecule has 0 aliphatic carbocycles. The lowest BCUT2D eigenvalue weighted by atomic mass is 9.88. The minimum atomic E-state index is -1.31. The van der Waals surface area contributed by atoms with Crippen LogP contribution in [-0.2, 0) is 4.74 Å². The second-order valence-electron chi connectivity index (χ2n) is 8.08. The Kier molecular flexibility index (Phi) is 7.03. The van der Waals surface area contributed by atoms with Gasteiger partial charge in [-0.25, -0.2) is 17.6 Å². The van der Waals surface area contributed by atoms with Crippen LogP contribution in [0, 0.1) is 29.1 Å². The van der Waals surface area contributed by atoms with Gasteiger partial charge in [-0.1, -0.05) is 36.9 Å². The van der Waals surface area contributed by atoms with Gasteiger partial charge < -0.3 is 9.47 Å². The minimum Gasteiger partial charge on any atom is -0.491 e. The molecule has 0 spiro atoms. The highest BCUT2D eigenvalue weighted by Gasteiger charge is 2.29. The molecule has 2 unspecified atom stereocenters. The van der Waals surface area contributed by atoms with Crippen LogP contribution in [-0.4, -0.2) is 13.2 Å². The lowest BCUT2D eigenvalue weighted by molar-refractivity contribution is 0.00148. The van der Waals surface area contributed by atoms with Crippen LogP contribution in [0.2, 0.25) is 0 Å². The molecule has 0 radical (unpaired) electrons. The molecule has 7 heteroatoms. The summed E-state index contributed by atoms with van der Waals surface area (Å²) < 4.78 is 83.6. The lowest BCUT2D eigenvalue weighted by Crippen LogP contribution is -2.20. The lowest BCUT2D eigenvalue weighted by Gasteiger charge is -2.30. The smallest absolute Gasteiger partial charge is 0.201 e. The maximum atomic E-state index is 15.0. The van der Waals surface area contributed by atoms with Gasteiger partial charge in [-0.3, -0.25) is 0 Å². The van der Waals surface area contributed by atoms with Crippen molar-refractivity contribution in [2.75, 3.05) is 13.2 Å². The molecular weight excluding hydrogens is 451 g/mol. The highest BCUT2D eigenvalue weighted by Crippen LogP contribution is 2.39. The van der Waals surface area contributed by atoms with Crippen molar-refractivity contribution in [3.63, 3.8) is 0 Å². The molecule has 178 valence electrons. The van der Waals surface area contributed by atoms with Crippen molar-refractivity contribution in [2.24, 2.45) is 0 Å². The summed E-state index contributed by atoms with van der Waals surface area (Å²) in [6, 6.07) is 9.71. The van der Waals surface area contributed by atoms with Crippen molar-refractivity contribution in [1.82, 2.24) is 0 Å². The Hall–Kier alpha value is -3.19. The fourth-order valence-electron chi connectivity index (χ4n) is 4.26. The Morgan fingerprint density at radius 2 is 1.62 bits per heavy atom. The standard InChI is InChI=1S/C27H23F5O2/c1-3-15-5-6-16(13-21(15)28)22-11-7-17(14-34-22)18-8-9-19(25(30)24(18)29)20-10-12-23(33-4-2)27(32)26(20)31/h3,5-6,8-10,12-13,17,22H,1,4,7,11,14H2,2H3. The van der Waals surface area contributed by atoms with Crippen molar-refractivity contribution in [3.8, 4) is 16.9 Å². The van der Waals surface area contributed by atoms with E-state index in [0.29, 0.717) is 24.0 Å². The summed E-state index contributed by atoms with van der Waals surface area (Å²) in [5, 5.41) is 0. The van der Waals surface area contributed by atoms with E-state index in [-0.39, 0.29) is 36.2 Å². The third-order valence-corrected chi connectivity index (χ3v) is 6.08.